The molecule has 0 unspecified atom stereocenters. The number of carbonyl (C=O) groups is 3. The first-order chi connectivity index (χ1) is 17.8. The van der Waals surface area contributed by atoms with Crippen LogP contribution in [0.2, 0.25) is 0 Å². The molecule has 1 heterocycles. The highest BCUT2D eigenvalue weighted by Gasteiger charge is 2.43. The first kappa shape index (κ1) is 25.1. The van der Waals surface area contributed by atoms with Crippen molar-refractivity contribution in [3.05, 3.63) is 88.5 Å². The lowest BCUT2D eigenvalue weighted by atomic mass is 10.1. The van der Waals surface area contributed by atoms with Gasteiger partial charge in [-0.3, -0.25) is 4.79 Å². The van der Waals surface area contributed by atoms with Gasteiger partial charge in [-0.25, -0.2) is 9.59 Å². The second kappa shape index (κ2) is 8.47. The molecule has 0 spiro atoms. The maximum absolute atomic E-state index is 14.3. The quantitative estimate of drug-likeness (QED) is 0.200. The summed E-state index contributed by atoms with van der Waals surface area (Å²) in [6.07, 6.45) is -10.6. The van der Waals surface area contributed by atoms with Gasteiger partial charge in [-0.2, -0.15) is 26.3 Å². The molecule has 0 radical (unpaired) electrons. The molecule has 5 rings (SSSR count). The lowest BCUT2D eigenvalue weighted by molar-refractivity contribution is -0.143. The Bertz CT molecular complexity index is 1470. The minimum atomic E-state index is -5.32. The van der Waals surface area contributed by atoms with Crippen LogP contribution < -0.4 is 9.47 Å². The smallest absolute Gasteiger partial charge is 0.423 e. The standard InChI is InChI=1S/C26H12F6O6/c1-11-8-15(33)20-13(11)4-2-6-16(20)36-18-9-12(25(27,28)29)10-19(22(18)26(30,31)32)37-17-7-3-5-14-21(17)24(35)38-23(14)34/h2-7,9-10H,1,8H2. The van der Waals surface area contributed by atoms with Crippen molar-refractivity contribution in [2.75, 3.05) is 0 Å². The van der Waals surface area contributed by atoms with Crippen LogP contribution in [0, 0.1) is 0 Å². The number of allylic oxidation sites excluding steroid dienone is 1. The van der Waals surface area contributed by atoms with E-state index in [1.54, 1.807) is 0 Å². The zero-order valence-electron chi connectivity index (χ0n) is 18.8. The van der Waals surface area contributed by atoms with Gasteiger partial charge < -0.3 is 14.2 Å². The summed E-state index contributed by atoms with van der Waals surface area (Å²) in [5.74, 6) is -6.56. The molecule has 0 bridgehead atoms. The molecule has 6 nitrogen and oxygen atoms in total. The van der Waals surface area contributed by atoms with Crippen molar-refractivity contribution >= 4 is 23.3 Å². The minimum Gasteiger partial charge on any atom is -0.456 e. The third kappa shape index (κ3) is 4.17. The number of ketones is 1. The number of hydrogen-bond donors (Lipinski definition) is 0. The number of Topliss-reactive ketones (excluding diaryl/α,β-unsaturated/α-hetero) is 1. The van der Waals surface area contributed by atoms with Gasteiger partial charge in [0.15, 0.2) is 5.78 Å². The first-order valence-electron chi connectivity index (χ1n) is 10.7. The fourth-order valence-corrected chi connectivity index (χ4v) is 4.19. The first-order valence-corrected chi connectivity index (χ1v) is 10.7. The second-order valence-corrected chi connectivity index (χ2v) is 8.29. The highest BCUT2D eigenvalue weighted by atomic mass is 19.4. The number of alkyl halides is 6. The van der Waals surface area contributed by atoms with Gasteiger partial charge in [0.1, 0.15) is 34.1 Å². The minimum absolute atomic E-state index is 0.0968. The fourth-order valence-electron chi connectivity index (χ4n) is 4.19. The summed E-state index contributed by atoms with van der Waals surface area (Å²) in [6.45, 7) is 3.71. The maximum atomic E-state index is 14.3. The van der Waals surface area contributed by atoms with Gasteiger partial charge in [-0.1, -0.05) is 24.8 Å². The number of hydrogen-bond acceptors (Lipinski definition) is 6. The van der Waals surface area contributed by atoms with Crippen LogP contribution in [0.1, 0.15) is 54.2 Å². The molecule has 194 valence electrons. The fraction of sp³-hybridized carbons (Fsp3) is 0.115. The lowest BCUT2D eigenvalue weighted by Gasteiger charge is -2.21. The molecule has 1 aliphatic carbocycles. The Hall–Kier alpha value is -4.61. The van der Waals surface area contributed by atoms with E-state index < -0.39 is 69.8 Å². The van der Waals surface area contributed by atoms with Crippen LogP contribution in [0.25, 0.3) is 5.57 Å². The Morgan fingerprint density at radius 2 is 1.26 bits per heavy atom. The second-order valence-electron chi connectivity index (χ2n) is 8.29. The molecule has 12 heteroatoms. The number of esters is 2. The van der Waals surface area contributed by atoms with E-state index in [0.29, 0.717) is 11.1 Å². The van der Waals surface area contributed by atoms with Gasteiger partial charge in [-0.05, 0) is 41.5 Å². The van der Waals surface area contributed by atoms with Gasteiger partial charge in [0.25, 0.3) is 0 Å². The summed E-state index contributed by atoms with van der Waals surface area (Å²) in [7, 11) is 0. The number of cyclic esters (lactones) is 2. The summed E-state index contributed by atoms with van der Waals surface area (Å²) >= 11 is 0. The molecule has 0 saturated heterocycles. The molecule has 0 N–H and O–H groups in total. The molecule has 0 saturated carbocycles. The van der Waals surface area contributed by atoms with Gasteiger partial charge in [0.2, 0.25) is 0 Å². The molecule has 2 aliphatic rings. The van der Waals surface area contributed by atoms with Crippen LogP contribution in [0.3, 0.4) is 0 Å². The maximum Gasteiger partial charge on any atom is 0.423 e. The molecular formula is C26H12F6O6. The van der Waals surface area contributed by atoms with E-state index in [2.05, 4.69) is 11.3 Å². The predicted octanol–water partition coefficient (Wildman–Crippen LogP) is 7.22. The van der Waals surface area contributed by atoms with E-state index in [1.807, 2.05) is 0 Å². The van der Waals surface area contributed by atoms with Crippen molar-refractivity contribution in [2.45, 2.75) is 18.8 Å². The van der Waals surface area contributed by atoms with Gasteiger partial charge in [0.05, 0.1) is 16.7 Å². The van der Waals surface area contributed by atoms with E-state index in [4.69, 9.17) is 9.47 Å². The molecule has 1 aliphatic heterocycles. The third-order valence-electron chi connectivity index (χ3n) is 5.81. The molecule has 38 heavy (non-hydrogen) atoms. The number of carbonyl (C=O) groups excluding carboxylic acids is 3. The number of rotatable bonds is 4. The molecule has 0 amide bonds. The highest BCUT2D eigenvalue weighted by Crippen LogP contribution is 2.50. The molecule has 0 fully saturated rings. The molecule has 0 aromatic heterocycles. The molecular weight excluding hydrogens is 522 g/mol. The SMILES string of the molecule is C=C1CC(=O)c2c(Oc3cc(C(F)(F)F)cc(Oc4cccc5c4C(=O)OC5=O)c3C(F)(F)F)cccc21. The summed E-state index contributed by atoms with van der Waals surface area (Å²) in [4.78, 5) is 36.3. The topological polar surface area (TPSA) is 78.9 Å². The lowest BCUT2D eigenvalue weighted by Crippen LogP contribution is -2.14. The van der Waals surface area contributed by atoms with E-state index in [-0.39, 0.29) is 29.7 Å². The van der Waals surface area contributed by atoms with Crippen LogP contribution in [-0.4, -0.2) is 17.7 Å². The van der Waals surface area contributed by atoms with Gasteiger partial charge >= 0.3 is 24.3 Å². The van der Waals surface area contributed by atoms with Crippen LogP contribution in [0.4, 0.5) is 26.3 Å². The predicted molar refractivity (Wildman–Crippen MR) is 117 cm³/mol. The Morgan fingerprint density at radius 3 is 1.82 bits per heavy atom. The molecule has 3 aromatic rings. The number of benzene rings is 3. The number of halogens is 6. The monoisotopic (exact) mass is 534 g/mol. The van der Waals surface area contributed by atoms with Gasteiger partial charge in [0, 0.05) is 6.42 Å². The summed E-state index contributed by atoms with van der Waals surface area (Å²) < 4.78 is 99.1. The Morgan fingerprint density at radius 1 is 0.711 bits per heavy atom. The van der Waals surface area contributed by atoms with Crippen molar-refractivity contribution < 1.29 is 54.9 Å². The van der Waals surface area contributed by atoms with E-state index >= 15 is 0 Å². The summed E-state index contributed by atoms with van der Waals surface area (Å²) in [5.41, 5.74) is -3.63. The zero-order chi connectivity index (χ0) is 27.6. The normalized spacial score (nSPS) is 14.9. The van der Waals surface area contributed by atoms with E-state index in [0.717, 1.165) is 24.3 Å². The highest BCUT2D eigenvalue weighted by molar-refractivity contribution is 6.16. The van der Waals surface area contributed by atoms with Crippen LogP contribution in [-0.2, 0) is 17.1 Å². The Labute approximate surface area is 209 Å². The van der Waals surface area contributed by atoms with Gasteiger partial charge in [-0.15, -0.1) is 0 Å². The third-order valence-corrected chi connectivity index (χ3v) is 5.81. The van der Waals surface area contributed by atoms with Crippen molar-refractivity contribution in [1.29, 1.82) is 0 Å². The molecule has 0 atom stereocenters. The van der Waals surface area contributed by atoms with Crippen molar-refractivity contribution in [3.63, 3.8) is 0 Å². The largest absolute Gasteiger partial charge is 0.456 e. The van der Waals surface area contributed by atoms with E-state index in [1.165, 1.54) is 12.1 Å². The molecule has 3 aromatic carbocycles. The van der Waals surface area contributed by atoms with Crippen molar-refractivity contribution in [3.8, 4) is 23.0 Å². The van der Waals surface area contributed by atoms with E-state index in [9.17, 15) is 40.7 Å². The van der Waals surface area contributed by atoms with Crippen LogP contribution in [0.5, 0.6) is 23.0 Å². The average Bonchev–Trinajstić information content (AvgIpc) is 3.27. The summed E-state index contributed by atoms with van der Waals surface area (Å²) in [5, 5.41) is 0. The van der Waals surface area contributed by atoms with Crippen LogP contribution in [0.15, 0.2) is 55.1 Å². The average molecular weight is 534 g/mol. The van der Waals surface area contributed by atoms with Crippen molar-refractivity contribution in [2.24, 2.45) is 0 Å². The zero-order valence-corrected chi connectivity index (χ0v) is 18.8. The number of fused-ring (bicyclic) bond motifs is 2. The summed E-state index contributed by atoms with van der Waals surface area (Å²) in [6, 6.07) is 7.50. The van der Waals surface area contributed by atoms with Crippen molar-refractivity contribution in [1.82, 2.24) is 0 Å². The Balaban J connectivity index is 1.71. The Kier molecular flexibility index (Phi) is 5.58. The number of ether oxygens (including phenoxy) is 3. The van der Waals surface area contributed by atoms with Crippen LogP contribution >= 0.6 is 0 Å².